The lowest BCUT2D eigenvalue weighted by Crippen LogP contribution is -2.36. The number of carbonyl (C=O) groups is 1. The fraction of sp³-hybridized carbons (Fsp3) is 0.588. The minimum atomic E-state index is 0.000256. The summed E-state index contributed by atoms with van der Waals surface area (Å²) in [5, 5.41) is 4.58. The van der Waals surface area contributed by atoms with E-state index in [9.17, 15) is 4.79 Å². The lowest BCUT2D eigenvalue weighted by atomic mass is 9.81. The SMILES string of the molecule is CCc1cc(Cl)c(CC2C(=O)CNCCCC2C)c(Cl)c1. The summed E-state index contributed by atoms with van der Waals surface area (Å²) in [4.78, 5) is 12.4. The van der Waals surface area contributed by atoms with Crippen molar-refractivity contribution in [3.63, 3.8) is 0 Å². The number of aryl methyl sites for hydroxylation is 1. The zero-order valence-corrected chi connectivity index (χ0v) is 14.2. The monoisotopic (exact) mass is 327 g/mol. The average Bonchev–Trinajstić information content (AvgIpc) is 2.44. The third kappa shape index (κ3) is 4.21. The van der Waals surface area contributed by atoms with Gasteiger partial charge in [-0.05, 0) is 61.4 Å². The van der Waals surface area contributed by atoms with Crippen molar-refractivity contribution in [1.29, 1.82) is 0 Å². The third-order valence-electron chi connectivity index (χ3n) is 4.45. The van der Waals surface area contributed by atoms with E-state index in [0.29, 0.717) is 28.9 Å². The summed E-state index contributed by atoms with van der Waals surface area (Å²) >= 11 is 12.8. The quantitative estimate of drug-likeness (QED) is 0.896. The first-order chi connectivity index (χ1) is 10.0. The van der Waals surface area contributed by atoms with Crippen molar-refractivity contribution < 1.29 is 4.79 Å². The first-order valence-electron chi connectivity index (χ1n) is 7.73. The van der Waals surface area contributed by atoms with Gasteiger partial charge < -0.3 is 5.32 Å². The molecule has 1 aliphatic heterocycles. The molecule has 0 bridgehead atoms. The summed E-state index contributed by atoms with van der Waals surface area (Å²) in [6.45, 7) is 5.62. The number of halogens is 2. The molecule has 1 aliphatic rings. The van der Waals surface area contributed by atoms with Gasteiger partial charge >= 0.3 is 0 Å². The van der Waals surface area contributed by atoms with Crippen LogP contribution in [0.15, 0.2) is 12.1 Å². The molecule has 4 heteroatoms. The highest BCUT2D eigenvalue weighted by molar-refractivity contribution is 6.36. The van der Waals surface area contributed by atoms with Gasteiger partial charge in [-0.15, -0.1) is 0 Å². The van der Waals surface area contributed by atoms with Crippen LogP contribution in [-0.2, 0) is 17.6 Å². The van der Waals surface area contributed by atoms with E-state index in [-0.39, 0.29) is 11.7 Å². The van der Waals surface area contributed by atoms with E-state index in [1.807, 2.05) is 12.1 Å². The third-order valence-corrected chi connectivity index (χ3v) is 5.12. The van der Waals surface area contributed by atoms with E-state index in [4.69, 9.17) is 23.2 Å². The van der Waals surface area contributed by atoms with Crippen molar-refractivity contribution in [2.45, 2.75) is 39.5 Å². The maximum Gasteiger partial charge on any atom is 0.150 e. The van der Waals surface area contributed by atoms with E-state index in [2.05, 4.69) is 19.2 Å². The Morgan fingerprint density at radius 1 is 1.29 bits per heavy atom. The highest BCUT2D eigenvalue weighted by Crippen LogP contribution is 2.32. The predicted molar refractivity (Wildman–Crippen MR) is 89.3 cm³/mol. The maximum atomic E-state index is 12.4. The van der Waals surface area contributed by atoms with Crippen molar-refractivity contribution >= 4 is 29.0 Å². The number of carbonyl (C=O) groups excluding carboxylic acids is 1. The minimum Gasteiger partial charge on any atom is -0.310 e. The van der Waals surface area contributed by atoms with Crippen molar-refractivity contribution in [2.24, 2.45) is 11.8 Å². The molecule has 0 radical (unpaired) electrons. The van der Waals surface area contributed by atoms with E-state index < -0.39 is 0 Å². The Balaban J connectivity index is 2.24. The number of nitrogens with one attached hydrogen (secondary N) is 1. The molecule has 116 valence electrons. The fourth-order valence-corrected chi connectivity index (χ4v) is 3.69. The predicted octanol–water partition coefficient (Wildman–Crippen LogP) is 4.30. The zero-order valence-electron chi connectivity index (χ0n) is 12.7. The Morgan fingerprint density at radius 2 is 1.95 bits per heavy atom. The van der Waals surface area contributed by atoms with Gasteiger partial charge in [0.25, 0.3) is 0 Å². The molecule has 2 rings (SSSR count). The van der Waals surface area contributed by atoms with Crippen LogP contribution >= 0.6 is 23.2 Å². The average molecular weight is 328 g/mol. The summed E-state index contributed by atoms with van der Waals surface area (Å²) in [5.41, 5.74) is 2.05. The van der Waals surface area contributed by atoms with Crippen LogP contribution in [0.1, 0.15) is 37.8 Å². The van der Waals surface area contributed by atoms with Gasteiger partial charge in [0.05, 0.1) is 6.54 Å². The van der Waals surface area contributed by atoms with Gasteiger partial charge in [0, 0.05) is 16.0 Å². The Hall–Kier alpha value is -0.570. The van der Waals surface area contributed by atoms with Crippen LogP contribution < -0.4 is 5.32 Å². The molecule has 1 heterocycles. The molecule has 2 nitrogen and oxygen atoms in total. The Morgan fingerprint density at radius 3 is 2.57 bits per heavy atom. The number of benzene rings is 1. The zero-order chi connectivity index (χ0) is 15.4. The molecule has 1 aromatic carbocycles. The Labute approximate surface area is 137 Å². The first-order valence-corrected chi connectivity index (χ1v) is 8.48. The highest BCUT2D eigenvalue weighted by Gasteiger charge is 2.27. The van der Waals surface area contributed by atoms with Crippen LogP contribution in [0.4, 0.5) is 0 Å². The molecule has 21 heavy (non-hydrogen) atoms. The summed E-state index contributed by atoms with van der Waals surface area (Å²) in [6, 6.07) is 3.94. The molecule has 0 aliphatic carbocycles. The van der Waals surface area contributed by atoms with Gasteiger partial charge in [-0.3, -0.25) is 4.79 Å². The number of hydrogen-bond acceptors (Lipinski definition) is 2. The second-order valence-corrected chi connectivity index (χ2v) is 6.78. The van der Waals surface area contributed by atoms with Crippen LogP contribution in [0, 0.1) is 11.8 Å². The number of Topliss-reactive ketones (excluding diaryl/α,β-unsaturated/α-hetero) is 1. The van der Waals surface area contributed by atoms with Crippen LogP contribution in [0.3, 0.4) is 0 Å². The normalized spacial score (nSPS) is 23.7. The molecule has 1 fully saturated rings. The number of ketones is 1. The van der Waals surface area contributed by atoms with Gasteiger partial charge in [-0.1, -0.05) is 37.0 Å². The second kappa shape index (κ2) is 7.62. The van der Waals surface area contributed by atoms with Gasteiger partial charge in [-0.25, -0.2) is 0 Å². The molecular weight excluding hydrogens is 305 g/mol. The Bertz CT molecular complexity index is 493. The minimum absolute atomic E-state index is 0.000256. The van der Waals surface area contributed by atoms with E-state index in [0.717, 1.165) is 36.9 Å². The highest BCUT2D eigenvalue weighted by atomic mass is 35.5. The largest absolute Gasteiger partial charge is 0.310 e. The van der Waals surface area contributed by atoms with Gasteiger partial charge in [-0.2, -0.15) is 0 Å². The smallest absolute Gasteiger partial charge is 0.150 e. The lowest BCUT2D eigenvalue weighted by Gasteiger charge is -2.26. The molecule has 1 saturated heterocycles. The van der Waals surface area contributed by atoms with Crippen molar-refractivity contribution in [1.82, 2.24) is 5.32 Å². The lowest BCUT2D eigenvalue weighted by molar-refractivity contribution is -0.123. The van der Waals surface area contributed by atoms with E-state index in [1.54, 1.807) is 0 Å². The van der Waals surface area contributed by atoms with Crippen molar-refractivity contribution in [3.05, 3.63) is 33.3 Å². The first kappa shape index (κ1) is 16.8. The van der Waals surface area contributed by atoms with Gasteiger partial charge in [0.15, 0.2) is 0 Å². The molecule has 2 atom stereocenters. The fourth-order valence-electron chi connectivity index (χ4n) is 3.00. The molecular formula is C17H23Cl2NO. The molecule has 1 N–H and O–H groups in total. The van der Waals surface area contributed by atoms with Gasteiger partial charge in [0.2, 0.25) is 0 Å². The van der Waals surface area contributed by atoms with Crippen LogP contribution in [0.25, 0.3) is 0 Å². The van der Waals surface area contributed by atoms with Crippen LogP contribution in [0.5, 0.6) is 0 Å². The van der Waals surface area contributed by atoms with Crippen molar-refractivity contribution in [2.75, 3.05) is 13.1 Å². The summed E-state index contributed by atoms with van der Waals surface area (Å²) in [6.07, 6.45) is 3.72. The van der Waals surface area contributed by atoms with Crippen LogP contribution in [0.2, 0.25) is 10.0 Å². The molecule has 0 amide bonds. The topological polar surface area (TPSA) is 29.1 Å². The summed E-state index contributed by atoms with van der Waals surface area (Å²) in [7, 11) is 0. The number of hydrogen-bond donors (Lipinski definition) is 1. The maximum absolute atomic E-state index is 12.4. The molecule has 0 aromatic heterocycles. The van der Waals surface area contributed by atoms with Crippen molar-refractivity contribution in [3.8, 4) is 0 Å². The van der Waals surface area contributed by atoms with Gasteiger partial charge in [0.1, 0.15) is 5.78 Å². The van der Waals surface area contributed by atoms with Crippen LogP contribution in [-0.4, -0.2) is 18.9 Å². The van der Waals surface area contributed by atoms with E-state index in [1.165, 1.54) is 0 Å². The summed E-state index contributed by atoms with van der Waals surface area (Å²) in [5.74, 6) is 0.645. The molecule has 0 spiro atoms. The standard InChI is InChI=1S/C17H23Cl2NO/c1-3-12-7-15(18)14(16(19)8-12)9-13-11(2)5-4-6-20-10-17(13)21/h7-8,11,13,20H,3-6,9-10H2,1-2H3. The summed E-state index contributed by atoms with van der Waals surface area (Å²) < 4.78 is 0. The van der Waals surface area contributed by atoms with E-state index >= 15 is 0 Å². The Kier molecular flexibility index (Phi) is 6.09. The molecule has 0 saturated carbocycles. The molecule has 2 unspecified atom stereocenters. The second-order valence-electron chi connectivity index (χ2n) is 5.96. The molecule has 1 aromatic rings. The number of rotatable bonds is 3.